The lowest BCUT2D eigenvalue weighted by atomic mass is 10.1. The molecule has 0 saturated carbocycles. The van der Waals surface area contributed by atoms with Crippen molar-refractivity contribution in [1.82, 2.24) is 5.32 Å². The van der Waals surface area contributed by atoms with Crippen molar-refractivity contribution in [3.8, 4) is 0 Å². The van der Waals surface area contributed by atoms with Gasteiger partial charge in [-0.3, -0.25) is 0 Å². The zero-order valence-electron chi connectivity index (χ0n) is 7.59. The highest BCUT2D eigenvalue weighted by atomic mass is 14.9. The van der Waals surface area contributed by atoms with E-state index in [1.54, 1.807) is 6.08 Å². The fourth-order valence-corrected chi connectivity index (χ4v) is 1.13. The number of hydrogen-bond donors (Lipinski definition) is 3. The maximum Gasteiger partial charge on any atom is 0.0380 e. The molecule has 70 valence electrons. The van der Waals surface area contributed by atoms with Gasteiger partial charge in [0, 0.05) is 30.0 Å². The van der Waals surface area contributed by atoms with E-state index in [0.29, 0.717) is 6.54 Å². The Hall–Kier alpha value is -1.48. The van der Waals surface area contributed by atoms with Gasteiger partial charge in [0.15, 0.2) is 0 Å². The van der Waals surface area contributed by atoms with Gasteiger partial charge in [-0.05, 0) is 12.1 Å². The summed E-state index contributed by atoms with van der Waals surface area (Å²) < 4.78 is 0. The smallest absolute Gasteiger partial charge is 0.0380 e. The van der Waals surface area contributed by atoms with Gasteiger partial charge < -0.3 is 16.8 Å². The first-order valence-corrected chi connectivity index (χ1v) is 4.20. The summed E-state index contributed by atoms with van der Waals surface area (Å²) in [4.78, 5) is 0. The molecule has 0 fully saturated rings. The van der Waals surface area contributed by atoms with Gasteiger partial charge >= 0.3 is 0 Å². The van der Waals surface area contributed by atoms with Gasteiger partial charge in [-0.2, -0.15) is 0 Å². The molecule has 3 nitrogen and oxygen atoms in total. The summed E-state index contributed by atoms with van der Waals surface area (Å²) in [6, 6.07) is 5.55. The highest BCUT2D eigenvalue weighted by Crippen LogP contribution is 2.18. The second-order valence-electron chi connectivity index (χ2n) is 2.83. The zero-order chi connectivity index (χ0) is 9.68. The normalized spacial score (nSPS) is 9.85. The molecule has 0 aromatic heterocycles. The summed E-state index contributed by atoms with van der Waals surface area (Å²) in [5.74, 6) is 0. The highest BCUT2D eigenvalue weighted by Gasteiger charge is 2.01. The van der Waals surface area contributed by atoms with E-state index in [-0.39, 0.29) is 0 Å². The first-order valence-electron chi connectivity index (χ1n) is 4.20. The number of benzene rings is 1. The van der Waals surface area contributed by atoms with E-state index < -0.39 is 0 Å². The molecule has 0 aliphatic rings. The molecule has 0 atom stereocenters. The van der Waals surface area contributed by atoms with Gasteiger partial charge in [-0.25, -0.2) is 0 Å². The van der Waals surface area contributed by atoms with Crippen molar-refractivity contribution in [1.29, 1.82) is 0 Å². The maximum absolute atomic E-state index is 5.76. The number of anilines is 2. The van der Waals surface area contributed by atoms with Crippen LogP contribution in [0.15, 0.2) is 30.9 Å². The van der Waals surface area contributed by atoms with Crippen LogP contribution in [0.1, 0.15) is 5.56 Å². The lowest BCUT2D eigenvalue weighted by Crippen LogP contribution is -2.15. The second-order valence-corrected chi connectivity index (χ2v) is 2.83. The van der Waals surface area contributed by atoms with Gasteiger partial charge in [-0.1, -0.05) is 12.1 Å². The van der Waals surface area contributed by atoms with Crippen LogP contribution in [0.4, 0.5) is 11.4 Å². The van der Waals surface area contributed by atoms with Crippen LogP contribution in [0.3, 0.4) is 0 Å². The number of hydrogen-bond acceptors (Lipinski definition) is 3. The fourth-order valence-electron chi connectivity index (χ4n) is 1.13. The third-order valence-corrected chi connectivity index (χ3v) is 1.84. The van der Waals surface area contributed by atoms with Gasteiger partial charge in [0.2, 0.25) is 0 Å². The largest absolute Gasteiger partial charge is 0.398 e. The van der Waals surface area contributed by atoms with Crippen molar-refractivity contribution in [2.75, 3.05) is 18.0 Å². The number of nitrogens with two attached hydrogens (primary N) is 2. The average molecular weight is 177 g/mol. The van der Waals surface area contributed by atoms with Crippen molar-refractivity contribution in [3.63, 3.8) is 0 Å². The van der Waals surface area contributed by atoms with Gasteiger partial charge in [0.1, 0.15) is 0 Å². The standard InChI is InChI=1S/C10H15N3/c1-2-6-13-7-8-9(11)4-3-5-10(8)12/h2-5,13H,1,6-7,11-12H2. The Morgan fingerprint density at radius 2 is 1.92 bits per heavy atom. The minimum Gasteiger partial charge on any atom is -0.398 e. The Morgan fingerprint density at radius 1 is 1.31 bits per heavy atom. The number of rotatable bonds is 4. The molecule has 0 heterocycles. The minimum atomic E-state index is 0.685. The third-order valence-electron chi connectivity index (χ3n) is 1.84. The third kappa shape index (κ3) is 2.49. The molecule has 0 unspecified atom stereocenters. The van der Waals surface area contributed by atoms with Crippen LogP contribution in [0.2, 0.25) is 0 Å². The van der Waals surface area contributed by atoms with E-state index in [4.69, 9.17) is 11.5 Å². The number of nitrogens with one attached hydrogen (secondary N) is 1. The summed E-state index contributed by atoms with van der Waals surface area (Å²) in [7, 11) is 0. The quantitative estimate of drug-likeness (QED) is 0.367. The summed E-state index contributed by atoms with van der Waals surface area (Å²) in [6.45, 7) is 5.05. The van der Waals surface area contributed by atoms with E-state index in [9.17, 15) is 0 Å². The molecular formula is C10H15N3. The lowest BCUT2D eigenvalue weighted by Gasteiger charge is -2.08. The molecule has 0 amide bonds. The molecule has 0 aliphatic carbocycles. The van der Waals surface area contributed by atoms with Crippen LogP contribution in [-0.2, 0) is 6.54 Å². The number of nitrogen functional groups attached to an aromatic ring is 2. The molecule has 5 N–H and O–H groups in total. The van der Waals surface area contributed by atoms with E-state index >= 15 is 0 Å². The fraction of sp³-hybridized carbons (Fsp3) is 0.200. The van der Waals surface area contributed by atoms with Gasteiger partial charge in [0.05, 0.1) is 0 Å². The Morgan fingerprint density at radius 3 is 2.46 bits per heavy atom. The molecule has 0 bridgehead atoms. The highest BCUT2D eigenvalue weighted by molar-refractivity contribution is 5.60. The first-order chi connectivity index (χ1) is 6.25. The Bertz CT molecular complexity index is 274. The molecule has 13 heavy (non-hydrogen) atoms. The minimum absolute atomic E-state index is 0.685. The van der Waals surface area contributed by atoms with Crippen LogP contribution < -0.4 is 16.8 Å². The molecule has 3 heteroatoms. The predicted octanol–water partition coefficient (Wildman–Crippen LogP) is 1.13. The van der Waals surface area contributed by atoms with E-state index in [1.165, 1.54) is 0 Å². The van der Waals surface area contributed by atoms with E-state index in [1.807, 2.05) is 18.2 Å². The van der Waals surface area contributed by atoms with Crippen molar-refractivity contribution < 1.29 is 0 Å². The first kappa shape index (κ1) is 9.61. The maximum atomic E-state index is 5.76. The van der Waals surface area contributed by atoms with Gasteiger partial charge in [0.25, 0.3) is 0 Å². The zero-order valence-corrected chi connectivity index (χ0v) is 7.59. The molecule has 0 radical (unpaired) electrons. The molecule has 0 saturated heterocycles. The van der Waals surface area contributed by atoms with Crippen molar-refractivity contribution in [2.24, 2.45) is 0 Å². The summed E-state index contributed by atoms with van der Waals surface area (Å²) in [6.07, 6.45) is 1.80. The van der Waals surface area contributed by atoms with Crippen LogP contribution in [-0.4, -0.2) is 6.54 Å². The molecule has 1 aromatic rings. The van der Waals surface area contributed by atoms with Crippen LogP contribution in [0.25, 0.3) is 0 Å². The molecular weight excluding hydrogens is 162 g/mol. The van der Waals surface area contributed by atoms with E-state index in [0.717, 1.165) is 23.5 Å². The summed E-state index contributed by atoms with van der Waals surface area (Å²) >= 11 is 0. The van der Waals surface area contributed by atoms with Crippen molar-refractivity contribution in [3.05, 3.63) is 36.4 Å². The van der Waals surface area contributed by atoms with Gasteiger partial charge in [-0.15, -0.1) is 6.58 Å². The second kappa shape index (κ2) is 4.52. The lowest BCUT2D eigenvalue weighted by molar-refractivity contribution is 0.764. The molecule has 0 spiro atoms. The predicted molar refractivity (Wildman–Crippen MR) is 57.2 cm³/mol. The van der Waals surface area contributed by atoms with Crippen LogP contribution >= 0.6 is 0 Å². The topological polar surface area (TPSA) is 64.1 Å². The average Bonchev–Trinajstić information content (AvgIpc) is 2.10. The van der Waals surface area contributed by atoms with E-state index in [2.05, 4.69) is 11.9 Å². The van der Waals surface area contributed by atoms with Crippen molar-refractivity contribution in [2.45, 2.75) is 6.54 Å². The molecule has 1 aromatic carbocycles. The Balaban J connectivity index is 2.69. The SMILES string of the molecule is C=CCNCc1c(N)cccc1N. The monoisotopic (exact) mass is 177 g/mol. The summed E-state index contributed by atoms with van der Waals surface area (Å²) in [5, 5.41) is 3.15. The van der Waals surface area contributed by atoms with Crippen LogP contribution in [0.5, 0.6) is 0 Å². The molecule has 1 rings (SSSR count). The Kier molecular flexibility index (Phi) is 3.34. The van der Waals surface area contributed by atoms with Crippen LogP contribution in [0, 0.1) is 0 Å². The Labute approximate surface area is 78.4 Å². The van der Waals surface area contributed by atoms with Crippen molar-refractivity contribution >= 4 is 11.4 Å². The molecule has 0 aliphatic heterocycles. The summed E-state index contributed by atoms with van der Waals surface area (Å²) in [5.41, 5.74) is 13.9.